The SMILES string of the molecule is CN(Cc1cccnc1)C[C@@H]1CCN(C(=O)[C@@H](NC(=O)OC(C)(C)C)C2CCOCC2)C1. The number of aromatic nitrogens is 1. The van der Waals surface area contributed by atoms with Crippen LogP contribution < -0.4 is 5.32 Å². The molecule has 2 saturated heterocycles. The van der Waals surface area contributed by atoms with Crippen LogP contribution in [0.2, 0.25) is 0 Å². The third kappa shape index (κ3) is 7.45. The maximum atomic E-state index is 13.5. The van der Waals surface area contributed by atoms with E-state index in [1.807, 2.05) is 37.9 Å². The molecule has 8 nitrogen and oxygen atoms in total. The average Bonchev–Trinajstić information content (AvgIpc) is 3.20. The summed E-state index contributed by atoms with van der Waals surface area (Å²) >= 11 is 0. The van der Waals surface area contributed by atoms with Crippen LogP contribution in [0.15, 0.2) is 24.5 Å². The third-order valence-corrected chi connectivity index (χ3v) is 6.02. The lowest BCUT2D eigenvalue weighted by atomic mass is 9.91. The highest BCUT2D eigenvalue weighted by atomic mass is 16.6. The smallest absolute Gasteiger partial charge is 0.408 e. The second kappa shape index (κ2) is 11.1. The minimum Gasteiger partial charge on any atom is -0.444 e. The molecule has 2 aliphatic heterocycles. The number of pyridine rings is 1. The fraction of sp³-hybridized carbons (Fsp3) is 0.708. The van der Waals surface area contributed by atoms with E-state index in [0.717, 1.165) is 38.9 Å². The Labute approximate surface area is 191 Å². The van der Waals surface area contributed by atoms with Crippen molar-refractivity contribution in [1.82, 2.24) is 20.1 Å². The molecule has 2 amide bonds. The number of hydrogen-bond acceptors (Lipinski definition) is 6. The molecule has 3 heterocycles. The molecule has 1 aromatic heterocycles. The van der Waals surface area contributed by atoms with Crippen molar-refractivity contribution in [2.75, 3.05) is 39.9 Å². The van der Waals surface area contributed by atoms with Crippen LogP contribution in [0.4, 0.5) is 4.79 Å². The summed E-state index contributed by atoms with van der Waals surface area (Å²) in [5.74, 6) is 0.480. The van der Waals surface area contributed by atoms with Crippen LogP contribution in [0, 0.1) is 11.8 Å². The van der Waals surface area contributed by atoms with Crippen LogP contribution in [0.5, 0.6) is 0 Å². The first-order valence-corrected chi connectivity index (χ1v) is 11.6. The van der Waals surface area contributed by atoms with Gasteiger partial charge in [-0.05, 0) is 70.5 Å². The van der Waals surface area contributed by atoms with Gasteiger partial charge in [-0.3, -0.25) is 9.78 Å². The van der Waals surface area contributed by atoms with E-state index in [-0.39, 0.29) is 11.8 Å². The molecule has 3 rings (SSSR count). The molecule has 0 aromatic carbocycles. The first kappa shape index (κ1) is 24.5. The molecule has 2 fully saturated rings. The van der Waals surface area contributed by atoms with Gasteiger partial charge in [-0.2, -0.15) is 0 Å². The molecule has 0 unspecified atom stereocenters. The third-order valence-electron chi connectivity index (χ3n) is 6.02. The molecular formula is C24H38N4O4. The number of likely N-dealkylation sites (tertiary alicyclic amines) is 1. The molecule has 8 heteroatoms. The molecule has 2 aliphatic rings. The summed E-state index contributed by atoms with van der Waals surface area (Å²) in [7, 11) is 2.10. The highest BCUT2D eigenvalue weighted by molar-refractivity contribution is 5.86. The molecule has 0 spiro atoms. The van der Waals surface area contributed by atoms with Gasteiger partial charge in [-0.1, -0.05) is 6.07 Å². The first-order valence-electron chi connectivity index (χ1n) is 11.6. The minimum atomic E-state index is -0.606. The van der Waals surface area contributed by atoms with Crippen LogP contribution in [-0.4, -0.2) is 78.3 Å². The molecule has 2 atom stereocenters. The van der Waals surface area contributed by atoms with Gasteiger partial charge < -0.3 is 24.6 Å². The van der Waals surface area contributed by atoms with Gasteiger partial charge in [0.25, 0.3) is 0 Å². The molecule has 1 aromatic rings. The van der Waals surface area contributed by atoms with Crippen LogP contribution in [0.1, 0.15) is 45.6 Å². The van der Waals surface area contributed by atoms with Gasteiger partial charge in [-0.25, -0.2) is 4.79 Å². The van der Waals surface area contributed by atoms with E-state index in [1.165, 1.54) is 5.56 Å². The van der Waals surface area contributed by atoms with Gasteiger partial charge in [0, 0.05) is 51.8 Å². The normalized spacial score (nSPS) is 20.9. The van der Waals surface area contributed by atoms with Crippen molar-refractivity contribution in [3.05, 3.63) is 30.1 Å². The molecule has 0 radical (unpaired) electrons. The number of nitrogens with one attached hydrogen (secondary N) is 1. The Morgan fingerprint density at radius 3 is 2.72 bits per heavy atom. The molecular weight excluding hydrogens is 408 g/mol. The molecule has 0 aliphatic carbocycles. The van der Waals surface area contributed by atoms with E-state index in [0.29, 0.717) is 25.7 Å². The monoisotopic (exact) mass is 446 g/mol. The van der Waals surface area contributed by atoms with Gasteiger partial charge in [0.05, 0.1) is 0 Å². The Morgan fingerprint density at radius 1 is 1.31 bits per heavy atom. The van der Waals surface area contributed by atoms with Crippen molar-refractivity contribution < 1.29 is 19.1 Å². The van der Waals surface area contributed by atoms with E-state index >= 15 is 0 Å². The van der Waals surface area contributed by atoms with Crippen molar-refractivity contribution in [1.29, 1.82) is 0 Å². The molecule has 1 N–H and O–H groups in total. The summed E-state index contributed by atoms with van der Waals surface area (Å²) < 4.78 is 10.9. The zero-order valence-electron chi connectivity index (χ0n) is 19.9. The van der Waals surface area contributed by atoms with Crippen molar-refractivity contribution in [2.45, 2.75) is 58.2 Å². The number of carbonyl (C=O) groups is 2. The topological polar surface area (TPSA) is 84.0 Å². The molecule has 178 valence electrons. The second-order valence-electron chi connectivity index (χ2n) is 10.1. The van der Waals surface area contributed by atoms with Gasteiger partial charge in [0.15, 0.2) is 0 Å². The molecule has 32 heavy (non-hydrogen) atoms. The van der Waals surface area contributed by atoms with Crippen LogP contribution in [-0.2, 0) is 20.8 Å². The highest BCUT2D eigenvalue weighted by Crippen LogP contribution is 2.25. The Morgan fingerprint density at radius 2 is 2.06 bits per heavy atom. The Kier molecular flexibility index (Phi) is 8.48. The number of carbonyl (C=O) groups excluding carboxylic acids is 2. The average molecular weight is 447 g/mol. The number of amides is 2. The van der Waals surface area contributed by atoms with E-state index in [9.17, 15) is 9.59 Å². The maximum absolute atomic E-state index is 13.5. The predicted molar refractivity (Wildman–Crippen MR) is 122 cm³/mol. The number of alkyl carbamates (subject to hydrolysis) is 1. The molecule has 0 bridgehead atoms. The summed E-state index contributed by atoms with van der Waals surface area (Å²) in [5.41, 5.74) is 0.576. The summed E-state index contributed by atoms with van der Waals surface area (Å²) in [6.07, 6.45) is 5.63. The Bertz CT molecular complexity index is 746. The first-order chi connectivity index (χ1) is 15.2. The largest absolute Gasteiger partial charge is 0.444 e. The zero-order valence-corrected chi connectivity index (χ0v) is 19.9. The lowest BCUT2D eigenvalue weighted by molar-refractivity contribution is -0.135. The van der Waals surface area contributed by atoms with Crippen molar-refractivity contribution in [3.8, 4) is 0 Å². The van der Waals surface area contributed by atoms with Gasteiger partial charge in [0.1, 0.15) is 11.6 Å². The Balaban J connectivity index is 1.57. The van der Waals surface area contributed by atoms with E-state index in [1.54, 1.807) is 6.20 Å². The van der Waals surface area contributed by atoms with Gasteiger partial charge >= 0.3 is 6.09 Å². The van der Waals surface area contributed by atoms with Crippen molar-refractivity contribution in [3.63, 3.8) is 0 Å². The number of rotatable bonds is 7. The number of hydrogen-bond donors (Lipinski definition) is 1. The van der Waals surface area contributed by atoms with Crippen LogP contribution in [0.25, 0.3) is 0 Å². The lowest BCUT2D eigenvalue weighted by Crippen LogP contribution is -2.53. The summed E-state index contributed by atoms with van der Waals surface area (Å²) in [6, 6.07) is 3.46. The van der Waals surface area contributed by atoms with Crippen molar-refractivity contribution >= 4 is 12.0 Å². The summed E-state index contributed by atoms with van der Waals surface area (Å²) in [4.78, 5) is 34.3. The van der Waals surface area contributed by atoms with E-state index in [2.05, 4.69) is 28.3 Å². The number of ether oxygens (including phenoxy) is 2. The van der Waals surface area contributed by atoms with Crippen LogP contribution in [0.3, 0.4) is 0 Å². The fourth-order valence-electron chi connectivity index (χ4n) is 4.55. The van der Waals surface area contributed by atoms with Gasteiger partial charge in [0.2, 0.25) is 5.91 Å². The quantitative estimate of drug-likeness (QED) is 0.693. The highest BCUT2D eigenvalue weighted by Gasteiger charge is 2.37. The van der Waals surface area contributed by atoms with Crippen LogP contribution >= 0.6 is 0 Å². The lowest BCUT2D eigenvalue weighted by Gasteiger charge is -2.33. The second-order valence-corrected chi connectivity index (χ2v) is 10.1. The molecule has 0 saturated carbocycles. The summed E-state index contributed by atoms with van der Waals surface area (Å²) in [6.45, 7) is 9.90. The summed E-state index contributed by atoms with van der Waals surface area (Å²) in [5, 5.41) is 2.88. The van der Waals surface area contributed by atoms with Crippen molar-refractivity contribution in [2.24, 2.45) is 11.8 Å². The fourth-order valence-corrected chi connectivity index (χ4v) is 4.55. The van der Waals surface area contributed by atoms with E-state index < -0.39 is 17.7 Å². The number of nitrogens with zero attached hydrogens (tertiary/aromatic N) is 3. The van der Waals surface area contributed by atoms with Gasteiger partial charge in [-0.15, -0.1) is 0 Å². The maximum Gasteiger partial charge on any atom is 0.408 e. The predicted octanol–water partition coefficient (Wildman–Crippen LogP) is 2.68. The minimum absolute atomic E-state index is 0.000159. The standard InChI is InChI=1S/C24H38N4O4/c1-24(2,3)32-23(30)26-21(20-8-12-31-13-9-20)22(29)28-11-7-19(17-28)16-27(4)15-18-6-5-10-25-14-18/h5-6,10,14,19-21H,7-9,11-13,15-17H2,1-4H3,(H,26,30)/t19-,21-/m0/s1. The zero-order chi connectivity index (χ0) is 23.1. The Hall–Kier alpha value is -2.19. The van der Waals surface area contributed by atoms with E-state index in [4.69, 9.17) is 9.47 Å².